The summed E-state index contributed by atoms with van der Waals surface area (Å²) in [6.45, 7) is 2.49. The Bertz CT molecular complexity index is 1210. The highest BCUT2D eigenvalue weighted by atomic mass is 32.1. The lowest BCUT2D eigenvalue weighted by Gasteiger charge is -2.07. The number of hydrogen-bond acceptors (Lipinski definition) is 5. The Hall–Kier alpha value is -3.03. The van der Waals surface area contributed by atoms with Gasteiger partial charge in [0.1, 0.15) is 0 Å². The van der Waals surface area contributed by atoms with Crippen LogP contribution in [0.4, 0.5) is 0 Å². The molecule has 0 saturated carbocycles. The van der Waals surface area contributed by atoms with E-state index in [1.165, 1.54) is 0 Å². The molecule has 29 heavy (non-hydrogen) atoms. The van der Waals surface area contributed by atoms with Crippen LogP contribution >= 0.6 is 11.3 Å². The van der Waals surface area contributed by atoms with E-state index in [2.05, 4.69) is 5.32 Å². The molecular weight excluding hydrogens is 384 g/mol. The summed E-state index contributed by atoms with van der Waals surface area (Å²) in [7, 11) is 1.61. The fraction of sp³-hybridized carbons (Fsp3) is 0.227. The van der Waals surface area contributed by atoms with E-state index in [9.17, 15) is 9.59 Å². The second-order valence-corrected chi connectivity index (χ2v) is 8.20. The lowest BCUT2D eigenvalue weighted by atomic mass is 10.00. The average Bonchev–Trinajstić information content (AvgIpc) is 3.30. The van der Waals surface area contributed by atoms with Crippen molar-refractivity contribution >= 4 is 38.2 Å². The zero-order valence-corrected chi connectivity index (χ0v) is 17.1. The minimum atomic E-state index is -0.112. The Kier molecular flexibility index (Phi) is 5.17. The third-order valence-electron chi connectivity index (χ3n) is 5.02. The fourth-order valence-electron chi connectivity index (χ4n) is 3.27. The molecule has 1 atom stereocenters. The summed E-state index contributed by atoms with van der Waals surface area (Å²) in [5.41, 5.74) is 9.78. The molecule has 7 heteroatoms. The summed E-state index contributed by atoms with van der Waals surface area (Å²) < 4.78 is 3.07. The van der Waals surface area contributed by atoms with Crippen molar-refractivity contribution < 1.29 is 9.59 Å². The van der Waals surface area contributed by atoms with E-state index in [1.807, 2.05) is 47.9 Å². The lowest BCUT2D eigenvalue weighted by molar-refractivity contribution is 0.0956. The van der Waals surface area contributed by atoms with E-state index in [4.69, 9.17) is 10.7 Å². The van der Waals surface area contributed by atoms with Crippen molar-refractivity contribution in [3.05, 3.63) is 59.8 Å². The van der Waals surface area contributed by atoms with Gasteiger partial charge in [0.15, 0.2) is 10.7 Å². The number of benzene rings is 2. The molecule has 0 fully saturated rings. The zero-order valence-electron chi connectivity index (χ0n) is 16.3. The van der Waals surface area contributed by atoms with Gasteiger partial charge in [-0.3, -0.25) is 14.0 Å². The maximum Gasteiger partial charge on any atom is 0.251 e. The van der Waals surface area contributed by atoms with E-state index < -0.39 is 0 Å². The molecule has 2 heterocycles. The number of ketones is 1. The Labute approximate surface area is 172 Å². The summed E-state index contributed by atoms with van der Waals surface area (Å²) >= 11 is 1.56. The number of Topliss-reactive ketones (excluding diaryl/α,β-unsaturated/α-hetero) is 1. The van der Waals surface area contributed by atoms with Crippen LogP contribution in [0.3, 0.4) is 0 Å². The van der Waals surface area contributed by atoms with Gasteiger partial charge in [-0.15, -0.1) is 0 Å². The highest BCUT2D eigenvalue weighted by Gasteiger charge is 2.15. The van der Waals surface area contributed by atoms with E-state index >= 15 is 0 Å². The standard InChI is InChI=1S/C22H22N4O2S/c1-13(11-23)9-19(27)16-7-8-18-20(10-16)29-22-25-17(12-26(18)22)14-3-5-15(6-4-14)21(28)24-2/h3-8,10,12-13H,9,11,23H2,1-2H3,(H,24,28)/t13-/m1/s1. The van der Waals surface area contributed by atoms with Gasteiger partial charge < -0.3 is 11.1 Å². The van der Waals surface area contributed by atoms with E-state index in [0.717, 1.165) is 26.4 Å². The molecule has 4 aromatic rings. The van der Waals surface area contributed by atoms with Crippen LogP contribution in [0.1, 0.15) is 34.1 Å². The van der Waals surface area contributed by atoms with Crippen LogP contribution in [0.5, 0.6) is 0 Å². The molecule has 0 unspecified atom stereocenters. The maximum absolute atomic E-state index is 12.4. The van der Waals surface area contributed by atoms with Crippen LogP contribution in [0, 0.1) is 5.92 Å². The number of nitrogens with two attached hydrogens (primary N) is 1. The third-order valence-corrected chi connectivity index (χ3v) is 6.04. The molecule has 0 saturated heterocycles. The van der Waals surface area contributed by atoms with E-state index in [-0.39, 0.29) is 17.6 Å². The van der Waals surface area contributed by atoms with Crippen molar-refractivity contribution in [2.24, 2.45) is 11.7 Å². The minimum Gasteiger partial charge on any atom is -0.355 e. The average molecular weight is 407 g/mol. The number of thiazole rings is 1. The Morgan fingerprint density at radius 3 is 2.59 bits per heavy atom. The smallest absolute Gasteiger partial charge is 0.251 e. The number of nitrogens with zero attached hydrogens (tertiary/aromatic N) is 2. The molecule has 6 nitrogen and oxygen atoms in total. The van der Waals surface area contributed by atoms with Crippen molar-refractivity contribution in [1.29, 1.82) is 0 Å². The van der Waals surface area contributed by atoms with Crippen LogP contribution in [0.15, 0.2) is 48.7 Å². The highest BCUT2D eigenvalue weighted by Crippen LogP contribution is 2.30. The first kappa shape index (κ1) is 19.3. The molecule has 3 N–H and O–H groups in total. The molecule has 1 amide bonds. The van der Waals surface area contributed by atoms with Gasteiger partial charge in [-0.2, -0.15) is 0 Å². The van der Waals surface area contributed by atoms with E-state index in [0.29, 0.717) is 24.1 Å². The van der Waals surface area contributed by atoms with Crippen molar-refractivity contribution in [3.63, 3.8) is 0 Å². The SMILES string of the molecule is CNC(=O)c1ccc(-c2cn3c(n2)sc2cc(C(=O)C[C@@H](C)CN)ccc23)cc1. The normalized spacial score (nSPS) is 12.4. The number of fused-ring (bicyclic) bond motifs is 3. The molecule has 4 rings (SSSR count). The van der Waals surface area contributed by atoms with E-state index in [1.54, 1.807) is 30.5 Å². The molecule has 148 valence electrons. The molecule has 0 radical (unpaired) electrons. The van der Waals surface area contributed by atoms with Crippen molar-refractivity contribution in [2.75, 3.05) is 13.6 Å². The molecule has 2 aromatic heterocycles. The van der Waals surface area contributed by atoms with Gasteiger partial charge in [0.25, 0.3) is 5.91 Å². The number of carbonyl (C=O) groups excluding carboxylic acids is 2. The largest absolute Gasteiger partial charge is 0.355 e. The van der Waals surface area contributed by atoms with Gasteiger partial charge >= 0.3 is 0 Å². The Balaban J connectivity index is 1.65. The van der Waals surface area contributed by atoms with Crippen LogP contribution < -0.4 is 11.1 Å². The first-order valence-electron chi connectivity index (χ1n) is 9.47. The van der Waals surface area contributed by atoms with Crippen LogP contribution in [0.2, 0.25) is 0 Å². The number of aromatic nitrogens is 2. The summed E-state index contributed by atoms with van der Waals surface area (Å²) in [6.07, 6.45) is 2.45. The van der Waals surface area contributed by atoms with Crippen molar-refractivity contribution in [1.82, 2.24) is 14.7 Å². The molecule has 2 aromatic carbocycles. The monoisotopic (exact) mass is 406 g/mol. The summed E-state index contributed by atoms with van der Waals surface area (Å²) in [4.78, 5) is 29.7. The highest BCUT2D eigenvalue weighted by molar-refractivity contribution is 7.23. The lowest BCUT2D eigenvalue weighted by Crippen LogP contribution is -2.17. The summed E-state index contributed by atoms with van der Waals surface area (Å²) in [5.74, 6) is 0.184. The second kappa shape index (κ2) is 7.77. The summed E-state index contributed by atoms with van der Waals surface area (Å²) in [5, 5.41) is 2.62. The first-order valence-corrected chi connectivity index (χ1v) is 10.3. The van der Waals surface area contributed by atoms with Gasteiger partial charge in [0, 0.05) is 36.4 Å². The van der Waals surface area contributed by atoms with Crippen molar-refractivity contribution in [3.8, 4) is 11.3 Å². The predicted molar refractivity (Wildman–Crippen MR) is 117 cm³/mol. The molecule has 0 aliphatic heterocycles. The van der Waals surface area contributed by atoms with Gasteiger partial charge in [0.05, 0.1) is 15.9 Å². The third kappa shape index (κ3) is 3.66. The molecular formula is C22H22N4O2S. The Morgan fingerprint density at radius 1 is 1.17 bits per heavy atom. The number of rotatable bonds is 6. The number of carbonyl (C=O) groups is 2. The zero-order chi connectivity index (χ0) is 20.5. The number of amides is 1. The van der Waals surface area contributed by atoms with Gasteiger partial charge in [-0.25, -0.2) is 4.98 Å². The topological polar surface area (TPSA) is 89.5 Å². The number of nitrogens with one attached hydrogen (secondary N) is 1. The van der Waals surface area contributed by atoms with Gasteiger partial charge in [0.2, 0.25) is 0 Å². The van der Waals surface area contributed by atoms with Crippen LogP contribution in [-0.2, 0) is 0 Å². The summed E-state index contributed by atoms with van der Waals surface area (Å²) in [6, 6.07) is 13.2. The van der Waals surface area contributed by atoms with Gasteiger partial charge in [-0.05, 0) is 42.8 Å². The molecule has 0 spiro atoms. The maximum atomic E-state index is 12.4. The predicted octanol–water partition coefficient (Wildman–Crippen LogP) is 3.74. The minimum absolute atomic E-state index is 0.112. The van der Waals surface area contributed by atoms with Gasteiger partial charge in [-0.1, -0.05) is 30.4 Å². The number of hydrogen-bond donors (Lipinski definition) is 2. The number of imidazole rings is 1. The van der Waals surface area contributed by atoms with Crippen LogP contribution in [0.25, 0.3) is 26.4 Å². The molecule has 0 bridgehead atoms. The van der Waals surface area contributed by atoms with Crippen molar-refractivity contribution in [2.45, 2.75) is 13.3 Å². The second-order valence-electron chi connectivity index (χ2n) is 7.19. The van der Waals surface area contributed by atoms with Crippen LogP contribution in [-0.4, -0.2) is 34.7 Å². The fourth-order valence-corrected chi connectivity index (χ4v) is 4.31. The Morgan fingerprint density at radius 2 is 1.90 bits per heavy atom. The first-order chi connectivity index (χ1) is 14.0. The molecule has 0 aliphatic rings. The quantitative estimate of drug-likeness (QED) is 0.477. The molecule has 0 aliphatic carbocycles.